The second-order valence-electron chi connectivity index (χ2n) is 7.55. The van der Waals surface area contributed by atoms with Gasteiger partial charge in [-0.15, -0.1) is 10.2 Å². The summed E-state index contributed by atoms with van der Waals surface area (Å²) in [5.74, 6) is 1.92. The monoisotopic (exact) mass is 362 g/mol. The molecule has 138 valence electrons. The van der Waals surface area contributed by atoms with E-state index in [0.29, 0.717) is 11.8 Å². The lowest BCUT2D eigenvalue weighted by Gasteiger charge is -2.34. The second-order valence-corrected chi connectivity index (χ2v) is 7.55. The third-order valence-corrected chi connectivity index (χ3v) is 5.93. The summed E-state index contributed by atoms with van der Waals surface area (Å²) < 4.78 is 1.80. The maximum atomic E-state index is 10.6. The zero-order valence-corrected chi connectivity index (χ0v) is 15.0. The molecule has 5 rings (SSSR count). The molecule has 2 aliphatic rings. The van der Waals surface area contributed by atoms with E-state index in [9.17, 15) is 5.11 Å². The van der Waals surface area contributed by atoms with Gasteiger partial charge in [0, 0.05) is 18.7 Å². The first kappa shape index (κ1) is 16.4. The van der Waals surface area contributed by atoms with Gasteiger partial charge in [-0.1, -0.05) is 30.3 Å². The number of aliphatic hydroxyl groups excluding tert-OH is 1. The molecule has 2 fully saturated rings. The predicted molar refractivity (Wildman–Crippen MR) is 101 cm³/mol. The maximum Gasteiger partial charge on any atom is 0.151 e. The molecule has 7 heteroatoms. The molecule has 1 aliphatic carbocycles. The van der Waals surface area contributed by atoms with Crippen LogP contribution in [0.4, 0.5) is 5.82 Å². The summed E-state index contributed by atoms with van der Waals surface area (Å²) in [6, 6.07) is 14.2. The largest absolute Gasteiger partial charge is 0.391 e. The first-order chi connectivity index (χ1) is 13.3. The van der Waals surface area contributed by atoms with Gasteiger partial charge in [0.25, 0.3) is 0 Å². The third kappa shape index (κ3) is 3.08. The summed E-state index contributed by atoms with van der Waals surface area (Å²) in [7, 11) is 0. The molecular formula is C20H22N6O. The summed E-state index contributed by atoms with van der Waals surface area (Å²) in [4.78, 5) is 6.32. The van der Waals surface area contributed by atoms with Crippen molar-refractivity contribution in [3.8, 4) is 11.3 Å². The number of aliphatic hydroxyl groups is 1. The maximum absolute atomic E-state index is 10.6. The number of benzene rings is 1. The number of hydrogen-bond acceptors (Lipinski definition) is 6. The summed E-state index contributed by atoms with van der Waals surface area (Å²) in [6.45, 7) is 1.87. The van der Waals surface area contributed by atoms with Crippen LogP contribution in [0, 0.1) is 11.8 Å². The number of aromatic nitrogens is 5. The van der Waals surface area contributed by atoms with E-state index in [2.05, 4.69) is 31.2 Å². The molecule has 0 bridgehead atoms. The lowest BCUT2D eigenvalue weighted by atomic mass is 9.77. The van der Waals surface area contributed by atoms with E-state index in [1.165, 1.54) is 6.33 Å². The van der Waals surface area contributed by atoms with E-state index in [1.807, 2.05) is 36.4 Å². The predicted octanol–water partition coefficient (Wildman–Crippen LogP) is 2.18. The molecular weight excluding hydrogens is 340 g/mol. The van der Waals surface area contributed by atoms with Gasteiger partial charge in [-0.05, 0) is 36.8 Å². The SMILES string of the molecule is O[C@@H]1C[C@H]2CN(c3ccc(-c4ccccc4)nn3)C[C@H]2C[C@H]1n1cncn1. The Hall–Kier alpha value is -2.80. The van der Waals surface area contributed by atoms with Crippen LogP contribution in [0.5, 0.6) is 0 Å². The quantitative estimate of drug-likeness (QED) is 0.769. The first-order valence-corrected chi connectivity index (χ1v) is 9.44. The van der Waals surface area contributed by atoms with Crippen LogP contribution in [0.2, 0.25) is 0 Å². The van der Waals surface area contributed by atoms with E-state index in [4.69, 9.17) is 0 Å². The lowest BCUT2D eigenvalue weighted by molar-refractivity contribution is 0.0305. The second kappa shape index (κ2) is 6.74. The molecule has 1 N–H and O–H groups in total. The highest BCUT2D eigenvalue weighted by Gasteiger charge is 2.43. The fraction of sp³-hybridized carbons (Fsp3) is 0.400. The van der Waals surface area contributed by atoms with Crippen molar-refractivity contribution >= 4 is 5.82 Å². The highest BCUT2D eigenvalue weighted by molar-refractivity contribution is 5.59. The smallest absolute Gasteiger partial charge is 0.151 e. The number of nitrogens with zero attached hydrogens (tertiary/aromatic N) is 6. The van der Waals surface area contributed by atoms with Gasteiger partial charge in [0.2, 0.25) is 0 Å². The third-order valence-electron chi connectivity index (χ3n) is 5.93. The molecule has 1 saturated heterocycles. The Morgan fingerprint density at radius 2 is 1.74 bits per heavy atom. The van der Waals surface area contributed by atoms with Crippen molar-refractivity contribution in [2.24, 2.45) is 11.8 Å². The van der Waals surface area contributed by atoms with Crippen LogP contribution >= 0.6 is 0 Å². The van der Waals surface area contributed by atoms with Crippen LogP contribution in [0.25, 0.3) is 11.3 Å². The van der Waals surface area contributed by atoms with Crippen molar-refractivity contribution in [2.45, 2.75) is 25.0 Å². The Labute approximate surface area is 157 Å². The van der Waals surface area contributed by atoms with Gasteiger partial charge in [0.1, 0.15) is 12.7 Å². The summed E-state index contributed by atoms with van der Waals surface area (Å²) in [6.07, 6.45) is 4.57. The van der Waals surface area contributed by atoms with E-state index in [1.54, 1.807) is 11.0 Å². The van der Waals surface area contributed by atoms with Crippen molar-refractivity contribution in [2.75, 3.05) is 18.0 Å². The van der Waals surface area contributed by atoms with Gasteiger partial charge in [0.05, 0.1) is 17.8 Å². The van der Waals surface area contributed by atoms with Crippen molar-refractivity contribution in [3.05, 3.63) is 55.1 Å². The van der Waals surface area contributed by atoms with E-state index in [0.717, 1.165) is 43.0 Å². The summed E-state index contributed by atoms with van der Waals surface area (Å²) in [5.41, 5.74) is 1.96. The number of hydrogen-bond donors (Lipinski definition) is 1. The molecule has 3 aromatic rings. The molecule has 3 heterocycles. The van der Waals surface area contributed by atoms with Crippen molar-refractivity contribution in [1.82, 2.24) is 25.0 Å². The highest BCUT2D eigenvalue weighted by atomic mass is 16.3. The topological polar surface area (TPSA) is 80.0 Å². The van der Waals surface area contributed by atoms with Crippen molar-refractivity contribution in [3.63, 3.8) is 0 Å². The Balaban J connectivity index is 1.31. The minimum atomic E-state index is -0.376. The number of rotatable bonds is 3. The molecule has 0 amide bonds. The molecule has 0 radical (unpaired) electrons. The summed E-state index contributed by atoms with van der Waals surface area (Å²) in [5, 5.41) is 23.7. The molecule has 1 aromatic carbocycles. The first-order valence-electron chi connectivity index (χ1n) is 9.44. The number of fused-ring (bicyclic) bond motifs is 1. The molecule has 27 heavy (non-hydrogen) atoms. The van der Waals surface area contributed by atoms with E-state index >= 15 is 0 Å². The molecule has 0 unspecified atom stereocenters. The Kier molecular flexibility index (Phi) is 4.09. The fourth-order valence-corrected chi connectivity index (χ4v) is 4.52. The zero-order chi connectivity index (χ0) is 18.2. The Bertz CT molecular complexity index is 883. The fourth-order valence-electron chi connectivity index (χ4n) is 4.52. The highest BCUT2D eigenvalue weighted by Crippen LogP contribution is 2.41. The van der Waals surface area contributed by atoms with E-state index < -0.39 is 0 Å². The molecule has 2 aromatic heterocycles. The van der Waals surface area contributed by atoms with Crippen LogP contribution in [-0.2, 0) is 0 Å². The van der Waals surface area contributed by atoms with Crippen LogP contribution in [0.3, 0.4) is 0 Å². The van der Waals surface area contributed by atoms with Crippen LogP contribution in [0.1, 0.15) is 18.9 Å². The van der Waals surface area contributed by atoms with Gasteiger partial charge < -0.3 is 10.0 Å². The molecule has 4 atom stereocenters. The lowest BCUT2D eigenvalue weighted by Crippen LogP contribution is -2.36. The van der Waals surface area contributed by atoms with Gasteiger partial charge >= 0.3 is 0 Å². The van der Waals surface area contributed by atoms with Crippen LogP contribution in [-0.4, -0.2) is 49.3 Å². The van der Waals surface area contributed by atoms with Gasteiger partial charge in [-0.25, -0.2) is 9.67 Å². The van der Waals surface area contributed by atoms with Crippen molar-refractivity contribution < 1.29 is 5.11 Å². The van der Waals surface area contributed by atoms with Crippen molar-refractivity contribution in [1.29, 1.82) is 0 Å². The van der Waals surface area contributed by atoms with Gasteiger partial charge in [-0.3, -0.25) is 0 Å². The zero-order valence-electron chi connectivity index (χ0n) is 15.0. The minimum Gasteiger partial charge on any atom is -0.391 e. The van der Waals surface area contributed by atoms with Crippen LogP contribution < -0.4 is 4.90 Å². The molecule has 1 aliphatic heterocycles. The van der Waals surface area contributed by atoms with Gasteiger partial charge in [-0.2, -0.15) is 5.10 Å². The normalized spacial score (nSPS) is 27.5. The summed E-state index contributed by atoms with van der Waals surface area (Å²) >= 11 is 0. The average Bonchev–Trinajstić information content (AvgIpc) is 3.38. The number of anilines is 1. The molecule has 7 nitrogen and oxygen atoms in total. The van der Waals surface area contributed by atoms with Gasteiger partial charge in [0.15, 0.2) is 5.82 Å². The Morgan fingerprint density at radius 3 is 2.44 bits per heavy atom. The van der Waals surface area contributed by atoms with Crippen LogP contribution in [0.15, 0.2) is 55.1 Å². The van der Waals surface area contributed by atoms with E-state index in [-0.39, 0.29) is 12.1 Å². The average molecular weight is 362 g/mol. The standard InChI is InChI=1S/C20H22N6O/c27-19-9-16-11-25(10-15(16)8-18(19)26-13-21-12-22-26)20-7-6-17(23-24-20)14-4-2-1-3-5-14/h1-7,12-13,15-16,18-19,27H,8-11H2/t15-,16+,18-,19-/m1/s1. The molecule has 0 spiro atoms. The minimum absolute atomic E-state index is 0.0141. The molecule has 1 saturated carbocycles. The Morgan fingerprint density at radius 1 is 0.926 bits per heavy atom.